The molecule has 0 saturated heterocycles. The molecular weight excluding hydrogens is 414 g/mol. The van der Waals surface area contributed by atoms with Gasteiger partial charge in [0.1, 0.15) is 5.82 Å². The van der Waals surface area contributed by atoms with Crippen LogP contribution in [-0.2, 0) is 0 Å². The fourth-order valence-corrected chi connectivity index (χ4v) is 4.30. The fraction of sp³-hybridized carbons (Fsp3) is 0.143. The first-order valence-corrected chi connectivity index (χ1v) is 10.3. The molecule has 10 heteroatoms. The molecule has 0 saturated carbocycles. The number of imidazole rings is 1. The van der Waals surface area contributed by atoms with E-state index in [1.165, 1.54) is 11.3 Å². The van der Waals surface area contributed by atoms with Crippen molar-refractivity contribution in [2.24, 2.45) is 0 Å². The molecule has 3 aromatic heterocycles. The summed E-state index contributed by atoms with van der Waals surface area (Å²) in [7, 11) is 3.21. The molecule has 9 nitrogen and oxygen atoms in total. The van der Waals surface area contributed by atoms with E-state index in [-0.39, 0.29) is 5.95 Å². The molecule has 0 aliphatic rings. The summed E-state index contributed by atoms with van der Waals surface area (Å²) in [6.07, 6.45) is 1.76. The number of aryl methyl sites for hydroxylation is 1. The lowest BCUT2D eigenvalue weighted by Gasteiger charge is -2.14. The molecule has 0 aliphatic heterocycles. The van der Waals surface area contributed by atoms with Crippen LogP contribution in [0.5, 0.6) is 11.5 Å². The van der Waals surface area contributed by atoms with E-state index >= 15 is 0 Å². The fourth-order valence-electron chi connectivity index (χ4n) is 3.68. The van der Waals surface area contributed by atoms with Crippen LogP contribution < -0.4 is 20.9 Å². The first kappa shape index (κ1) is 19.1. The molecule has 0 radical (unpaired) electrons. The summed E-state index contributed by atoms with van der Waals surface area (Å²) < 4.78 is 13.0. The molecule has 0 atom stereocenters. The summed E-state index contributed by atoms with van der Waals surface area (Å²) in [5.74, 6) is 2.39. The molecule has 156 valence electrons. The largest absolute Gasteiger partial charge is 0.493 e. The lowest BCUT2D eigenvalue weighted by molar-refractivity contribution is 0.355. The molecule has 31 heavy (non-hydrogen) atoms. The second kappa shape index (κ2) is 7.10. The van der Waals surface area contributed by atoms with Crippen LogP contribution in [0, 0.1) is 6.92 Å². The van der Waals surface area contributed by atoms with Crippen LogP contribution in [0.4, 0.5) is 11.8 Å². The number of nitrogens with zero attached hydrogens (tertiary/aromatic N) is 5. The summed E-state index contributed by atoms with van der Waals surface area (Å²) in [4.78, 5) is 17.8. The second-order valence-corrected chi connectivity index (χ2v) is 7.82. The van der Waals surface area contributed by atoms with E-state index in [0.717, 1.165) is 32.7 Å². The molecule has 0 unspecified atom stereocenters. The average Bonchev–Trinajstić information content (AvgIpc) is 3.40. The molecule has 0 bridgehead atoms. The van der Waals surface area contributed by atoms with E-state index in [1.54, 1.807) is 20.4 Å². The third-order valence-corrected chi connectivity index (χ3v) is 5.85. The Morgan fingerprint density at radius 1 is 0.935 bits per heavy atom. The number of nitrogens with two attached hydrogens (primary N) is 2. The molecule has 5 aromatic rings. The van der Waals surface area contributed by atoms with E-state index in [9.17, 15) is 0 Å². The van der Waals surface area contributed by atoms with Gasteiger partial charge in [0.2, 0.25) is 5.95 Å². The van der Waals surface area contributed by atoms with E-state index in [4.69, 9.17) is 25.9 Å². The molecule has 0 amide bonds. The van der Waals surface area contributed by atoms with Gasteiger partial charge in [-0.05, 0) is 24.6 Å². The van der Waals surface area contributed by atoms with Gasteiger partial charge in [0, 0.05) is 29.1 Å². The van der Waals surface area contributed by atoms with Gasteiger partial charge in [0.15, 0.2) is 22.3 Å². The highest BCUT2D eigenvalue weighted by molar-refractivity contribution is 7.13. The van der Waals surface area contributed by atoms with Gasteiger partial charge in [-0.1, -0.05) is 0 Å². The maximum atomic E-state index is 6.07. The first-order valence-electron chi connectivity index (χ1n) is 9.38. The van der Waals surface area contributed by atoms with Gasteiger partial charge in [0.25, 0.3) is 0 Å². The van der Waals surface area contributed by atoms with Crippen molar-refractivity contribution < 1.29 is 9.47 Å². The van der Waals surface area contributed by atoms with Gasteiger partial charge < -0.3 is 20.9 Å². The highest BCUT2D eigenvalue weighted by Crippen LogP contribution is 2.38. The Balaban J connectivity index is 1.89. The molecule has 0 fully saturated rings. The Bertz CT molecular complexity index is 1440. The summed E-state index contributed by atoms with van der Waals surface area (Å²) in [5.41, 5.74) is 16.0. The Morgan fingerprint density at radius 3 is 2.42 bits per heavy atom. The molecular formula is C21H19N7O2S. The van der Waals surface area contributed by atoms with Crippen LogP contribution in [0.25, 0.3) is 38.5 Å². The van der Waals surface area contributed by atoms with Crippen molar-refractivity contribution in [1.29, 1.82) is 0 Å². The van der Waals surface area contributed by atoms with Crippen molar-refractivity contribution in [2.75, 3.05) is 25.7 Å². The minimum absolute atomic E-state index is 0.127. The number of rotatable bonds is 4. The van der Waals surface area contributed by atoms with Crippen LogP contribution >= 0.6 is 11.3 Å². The van der Waals surface area contributed by atoms with E-state index in [2.05, 4.69) is 15.0 Å². The van der Waals surface area contributed by atoms with Crippen LogP contribution in [0.15, 0.2) is 35.8 Å². The SMILES string of the molecule is COc1cc2nc(-c3nccs3)n(-c3cc4nc(N)nc(N)c4cc3C)c2cc1OC. The number of methoxy groups -OCH3 is 2. The summed E-state index contributed by atoms with van der Waals surface area (Å²) in [6.45, 7) is 2.00. The molecule has 2 aromatic carbocycles. The van der Waals surface area contributed by atoms with E-state index < -0.39 is 0 Å². The lowest BCUT2D eigenvalue weighted by atomic mass is 10.1. The van der Waals surface area contributed by atoms with Crippen molar-refractivity contribution in [1.82, 2.24) is 24.5 Å². The first-order chi connectivity index (χ1) is 15.0. The topological polar surface area (TPSA) is 127 Å². The van der Waals surface area contributed by atoms with Gasteiger partial charge in [-0.2, -0.15) is 4.98 Å². The normalized spacial score (nSPS) is 11.3. The Hall–Kier alpha value is -3.92. The van der Waals surface area contributed by atoms with E-state index in [0.29, 0.717) is 28.7 Å². The highest BCUT2D eigenvalue weighted by atomic mass is 32.1. The Labute approximate surface area is 181 Å². The molecule has 0 spiro atoms. The maximum Gasteiger partial charge on any atom is 0.222 e. The van der Waals surface area contributed by atoms with Crippen molar-refractivity contribution in [3.8, 4) is 28.0 Å². The van der Waals surface area contributed by atoms with Crippen molar-refractivity contribution in [2.45, 2.75) is 6.92 Å². The van der Waals surface area contributed by atoms with Gasteiger partial charge in [-0.25, -0.2) is 15.0 Å². The molecule has 3 heterocycles. The molecule has 0 aliphatic carbocycles. The number of benzene rings is 2. The highest BCUT2D eigenvalue weighted by Gasteiger charge is 2.21. The number of aromatic nitrogens is 5. The van der Waals surface area contributed by atoms with Crippen molar-refractivity contribution in [3.05, 3.63) is 41.4 Å². The third kappa shape index (κ3) is 2.99. The predicted molar refractivity (Wildman–Crippen MR) is 122 cm³/mol. The van der Waals surface area contributed by atoms with Crippen molar-refractivity contribution in [3.63, 3.8) is 0 Å². The number of thiazole rings is 1. The van der Waals surface area contributed by atoms with Crippen molar-refractivity contribution >= 4 is 45.0 Å². The number of nitrogen functional groups attached to an aromatic ring is 2. The number of hydrogen-bond acceptors (Lipinski definition) is 9. The number of fused-ring (bicyclic) bond motifs is 2. The molecule has 4 N–H and O–H groups in total. The Kier molecular flexibility index (Phi) is 4.36. The zero-order valence-corrected chi connectivity index (χ0v) is 17.9. The van der Waals surface area contributed by atoms with Crippen LogP contribution in [-0.4, -0.2) is 38.7 Å². The minimum Gasteiger partial charge on any atom is -0.493 e. The zero-order chi connectivity index (χ0) is 21.7. The number of ether oxygens (including phenoxy) is 2. The van der Waals surface area contributed by atoms with Gasteiger partial charge in [0.05, 0.1) is 36.5 Å². The zero-order valence-electron chi connectivity index (χ0n) is 17.1. The minimum atomic E-state index is 0.127. The Morgan fingerprint density at radius 2 is 1.71 bits per heavy atom. The quantitative estimate of drug-likeness (QED) is 0.440. The summed E-state index contributed by atoms with van der Waals surface area (Å²) >= 11 is 1.51. The summed E-state index contributed by atoms with van der Waals surface area (Å²) in [6, 6.07) is 7.66. The standard InChI is InChI=1S/C21H19N7O2S/c1-10-6-11-12(26-21(23)27-18(11)22)7-14(10)28-15-9-17(30-3)16(29-2)8-13(15)25-19(28)20-24-4-5-31-20/h4-9H,1-3H3,(H4,22,23,26,27). The number of anilines is 2. The van der Waals surface area contributed by atoms with Crippen LogP contribution in [0.3, 0.4) is 0 Å². The lowest BCUT2D eigenvalue weighted by Crippen LogP contribution is -2.04. The number of hydrogen-bond donors (Lipinski definition) is 2. The third-order valence-electron chi connectivity index (χ3n) is 5.08. The summed E-state index contributed by atoms with van der Waals surface area (Å²) in [5, 5.41) is 3.45. The average molecular weight is 433 g/mol. The van der Waals surface area contributed by atoms with Gasteiger partial charge in [-0.15, -0.1) is 11.3 Å². The molecule has 5 rings (SSSR count). The van der Waals surface area contributed by atoms with E-state index in [1.807, 2.05) is 41.1 Å². The monoisotopic (exact) mass is 433 g/mol. The maximum absolute atomic E-state index is 6.07. The predicted octanol–water partition coefficient (Wildman–Crippen LogP) is 3.58. The second-order valence-electron chi connectivity index (χ2n) is 6.93. The smallest absolute Gasteiger partial charge is 0.222 e. The van der Waals surface area contributed by atoms with Crippen LogP contribution in [0.2, 0.25) is 0 Å². The van der Waals surface area contributed by atoms with Crippen LogP contribution in [0.1, 0.15) is 5.56 Å². The van der Waals surface area contributed by atoms with Gasteiger partial charge >= 0.3 is 0 Å². The van der Waals surface area contributed by atoms with Gasteiger partial charge in [-0.3, -0.25) is 4.57 Å².